The second-order valence-electron chi connectivity index (χ2n) is 3.98. The third kappa shape index (κ3) is 2.15. The molecule has 0 spiro atoms. The number of benzene rings is 1. The molecule has 4 heteroatoms. The summed E-state index contributed by atoms with van der Waals surface area (Å²) in [6.07, 6.45) is 2.94. The van der Waals surface area contributed by atoms with Crippen LogP contribution in [0.1, 0.15) is 0 Å². The molecule has 2 aromatic heterocycles. The lowest BCUT2D eigenvalue weighted by atomic mass is 10.0. The monoisotopic (exact) mass is 248 g/mol. The molecule has 19 heavy (non-hydrogen) atoms. The normalized spacial score (nSPS) is 10.3. The summed E-state index contributed by atoms with van der Waals surface area (Å²) in [5.41, 5.74) is 2.52. The largest absolute Gasteiger partial charge is 0.858 e. The zero-order valence-corrected chi connectivity index (χ0v) is 10.0. The molecule has 1 aromatic carbocycles. The Balaban J connectivity index is 2.25. The predicted octanol–water partition coefficient (Wildman–Crippen LogP) is 2.28. The summed E-state index contributed by atoms with van der Waals surface area (Å²) in [6, 6.07) is 15.0. The summed E-state index contributed by atoms with van der Waals surface area (Å²) < 4.78 is 0. The third-order valence-electron chi connectivity index (χ3n) is 2.78. The van der Waals surface area contributed by atoms with Gasteiger partial charge in [-0.2, -0.15) is 0 Å². The van der Waals surface area contributed by atoms with Crippen molar-refractivity contribution < 1.29 is 5.11 Å². The van der Waals surface area contributed by atoms with Crippen LogP contribution in [0.3, 0.4) is 0 Å². The number of nitrogens with zero attached hydrogens (tertiary/aromatic N) is 3. The zero-order valence-electron chi connectivity index (χ0n) is 10.0. The first-order chi connectivity index (χ1) is 9.36. The minimum atomic E-state index is -0.312. The Bertz CT molecular complexity index is 684. The van der Waals surface area contributed by atoms with E-state index in [-0.39, 0.29) is 5.88 Å². The molecule has 3 aromatic rings. The Labute approximate surface area is 110 Å². The third-order valence-corrected chi connectivity index (χ3v) is 2.78. The van der Waals surface area contributed by atoms with Crippen molar-refractivity contribution in [2.75, 3.05) is 0 Å². The second-order valence-corrected chi connectivity index (χ2v) is 3.98. The molecule has 2 heterocycles. The minimum Gasteiger partial charge on any atom is -0.858 e. The van der Waals surface area contributed by atoms with Gasteiger partial charge < -0.3 is 5.11 Å². The molecule has 0 unspecified atom stereocenters. The van der Waals surface area contributed by atoms with Crippen LogP contribution in [-0.4, -0.2) is 15.0 Å². The van der Waals surface area contributed by atoms with Gasteiger partial charge in [0.1, 0.15) is 6.33 Å². The Morgan fingerprint density at radius 3 is 2.32 bits per heavy atom. The molecular weight excluding hydrogens is 238 g/mol. The van der Waals surface area contributed by atoms with Crippen LogP contribution in [-0.2, 0) is 0 Å². The quantitative estimate of drug-likeness (QED) is 0.698. The molecule has 0 atom stereocenters. The summed E-state index contributed by atoms with van der Waals surface area (Å²) in [5.74, 6) is -0.312. The van der Waals surface area contributed by atoms with Crippen LogP contribution in [0.25, 0.3) is 22.5 Å². The van der Waals surface area contributed by atoms with Crippen LogP contribution >= 0.6 is 0 Å². The fourth-order valence-corrected chi connectivity index (χ4v) is 1.93. The molecule has 0 bridgehead atoms. The van der Waals surface area contributed by atoms with Crippen LogP contribution < -0.4 is 5.11 Å². The minimum absolute atomic E-state index is 0.312. The average molecular weight is 248 g/mol. The van der Waals surface area contributed by atoms with Crippen LogP contribution in [0.2, 0.25) is 0 Å². The maximum absolute atomic E-state index is 12.0. The van der Waals surface area contributed by atoms with Crippen molar-refractivity contribution in [3.05, 3.63) is 61.1 Å². The molecule has 0 N–H and O–H groups in total. The Hall–Kier alpha value is -2.75. The Morgan fingerprint density at radius 2 is 1.58 bits per heavy atom. The van der Waals surface area contributed by atoms with Crippen molar-refractivity contribution in [3.8, 4) is 28.4 Å². The smallest absolute Gasteiger partial charge is 0.115 e. The van der Waals surface area contributed by atoms with Gasteiger partial charge in [0.2, 0.25) is 0 Å². The number of hydrogen-bond acceptors (Lipinski definition) is 4. The molecule has 0 aliphatic rings. The van der Waals surface area contributed by atoms with Gasteiger partial charge in [0.15, 0.2) is 0 Å². The molecule has 4 nitrogen and oxygen atoms in total. The molecular formula is C15H10N3O-. The lowest BCUT2D eigenvalue weighted by molar-refractivity contribution is -0.274. The van der Waals surface area contributed by atoms with E-state index < -0.39 is 0 Å². The highest BCUT2D eigenvalue weighted by Crippen LogP contribution is 2.32. The van der Waals surface area contributed by atoms with E-state index in [9.17, 15) is 5.11 Å². The van der Waals surface area contributed by atoms with E-state index in [2.05, 4.69) is 15.0 Å². The molecule has 0 aliphatic carbocycles. The van der Waals surface area contributed by atoms with Crippen LogP contribution in [0, 0.1) is 0 Å². The first kappa shape index (κ1) is 11.3. The maximum Gasteiger partial charge on any atom is 0.115 e. The molecule has 3 rings (SSSR count). The second kappa shape index (κ2) is 4.86. The van der Waals surface area contributed by atoms with Gasteiger partial charge in [-0.05, 0) is 12.1 Å². The molecule has 0 amide bonds. The van der Waals surface area contributed by atoms with E-state index in [0.29, 0.717) is 17.0 Å². The Morgan fingerprint density at radius 1 is 0.789 bits per heavy atom. The SMILES string of the molecule is [O-]c1ncnc(-c2ccccc2)c1-c1ccccn1. The van der Waals surface area contributed by atoms with Gasteiger partial charge in [-0.15, -0.1) is 0 Å². The highest BCUT2D eigenvalue weighted by Gasteiger charge is 2.10. The zero-order chi connectivity index (χ0) is 13.1. The van der Waals surface area contributed by atoms with Crippen LogP contribution in [0.5, 0.6) is 5.88 Å². The van der Waals surface area contributed by atoms with E-state index in [1.807, 2.05) is 36.4 Å². The summed E-state index contributed by atoms with van der Waals surface area (Å²) in [6.45, 7) is 0. The summed E-state index contributed by atoms with van der Waals surface area (Å²) in [5, 5.41) is 12.0. The van der Waals surface area contributed by atoms with E-state index in [1.165, 1.54) is 6.33 Å². The molecule has 0 fully saturated rings. The van der Waals surface area contributed by atoms with Gasteiger partial charge in [-0.25, -0.2) is 4.98 Å². The van der Waals surface area contributed by atoms with Crippen molar-refractivity contribution >= 4 is 0 Å². The van der Waals surface area contributed by atoms with Gasteiger partial charge >= 0.3 is 0 Å². The molecule has 0 saturated heterocycles. The average Bonchev–Trinajstić information content (AvgIpc) is 2.49. The lowest BCUT2D eigenvalue weighted by Gasteiger charge is -2.15. The van der Waals surface area contributed by atoms with Crippen molar-refractivity contribution in [2.45, 2.75) is 0 Å². The van der Waals surface area contributed by atoms with Crippen LogP contribution in [0.15, 0.2) is 61.1 Å². The fraction of sp³-hybridized carbons (Fsp3) is 0. The topological polar surface area (TPSA) is 61.7 Å². The number of rotatable bonds is 2. The van der Waals surface area contributed by atoms with Gasteiger partial charge in [-0.3, -0.25) is 9.97 Å². The standard InChI is InChI=1S/C15H11N3O/c19-15-13(12-8-4-5-9-16-12)14(17-10-18-15)11-6-2-1-3-7-11/h1-10H,(H,17,18,19)/p-1. The summed E-state index contributed by atoms with van der Waals surface area (Å²) in [4.78, 5) is 12.2. The first-order valence-corrected chi connectivity index (χ1v) is 5.85. The maximum atomic E-state index is 12.0. The first-order valence-electron chi connectivity index (χ1n) is 5.85. The van der Waals surface area contributed by atoms with Crippen molar-refractivity contribution in [2.24, 2.45) is 0 Å². The predicted molar refractivity (Wildman–Crippen MR) is 70.1 cm³/mol. The summed E-state index contributed by atoms with van der Waals surface area (Å²) in [7, 11) is 0. The molecule has 0 radical (unpaired) electrons. The number of hydrogen-bond donors (Lipinski definition) is 0. The molecule has 92 valence electrons. The lowest BCUT2D eigenvalue weighted by Crippen LogP contribution is -2.01. The fourth-order valence-electron chi connectivity index (χ4n) is 1.93. The highest BCUT2D eigenvalue weighted by molar-refractivity contribution is 5.81. The van der Waals surface area contributed by atoms with Gasteiger partial charge in [0.05, 0.1) is 11.4 Å². The molecule has 0 aliphatic heterocycles. The van der Waals surface area contributed by atoms with Gasteiger partial charge in [-0.1, -0.05) is 36.4 Å². The number of aromatic nitrogens is 3. The van der Waals surface area contributed by atoms with Crippen LogP contribution in [0.4, 0.5) is 0 Å². The van der Waals surface area contributed by atoms with E-state index >= 15 is 0 Å². The van der Waals surface area contributed by atoms with Crippen molar-refractivity contribution in [1.29, 1.82) is 0 Å². The van der Waals surface area contributed by atoms with Crippen molar-refractivity contribution in [1.82, 2.24) is 15.0 Å². The van der Waals surface area contributed by atoms with E-state index in [4.69, 9.17) is 0 Å². The highest BCUT2D eigenvalue weighted by atomic mass is 16.3. The number of pyridine rings is 1. The van der Waals surface area contributed by atoms with Gasteiger partial charge in [0, 0.05) is 23.2 Å². The van der Waals surface area contributed by atoms with Crippen molar-refractivity contribution in [3.63, 3.8) is 0 Å². The van der Waals surface area contributed by atoms with E-state index in [1.54, 1.807) is 18.3 Å². The van der Waals surface area contributed by atoms with Gasteiger partial charge in [0.25, 0.3) is 0 Å². The Kier molecular flexibility index (Phi) is 2.90. The molecule has 0 saturated carbocycles. The summed E-state index contributed by atoms with van der Waals surface area (Å²) >= 11 is 0. The van der Waals surface area contributed by atoms with E-state index in [0.717, 1.165) is 5.56 Å².